The monoisotopic (exact) mass is 666 g/mol. The smallest absolute Gasteiger partial charge is 0.288 e. The first-order chi connectivity index (χ1) is 21.5. The van der Waals surface area contributed by atoms with E-state index in [1.54, 1.807) is 90.1 Å². The summed E-state index contributed by atoms with van der Waals surface area (Å²) in [5, 5.41) is 1.12. The summed E-state index contributed by atoms with van der Waals surface area (Å²) in [5.74, 6) is 6.19. The lowest BCUT2D eigenvalue weighted by atomic mass is 10.0. The van der Waals surface area contributed by atoms with Crippen molar-refractivity contribution in [3.05, 3.63) is 124 Å². The molecule has 14 heteroatoms. The van der Waals surface area contributed by atoms with Gasteiger partial charge in [0.05, 0.1) is 0 Å². The molecule has 2 aliphatic carbocycles. The molecule has 0 saturated carbocycles. The highest BCUT2D eigenvalue weighted by molar-refractivity contribution is 7.87. The maximum absolute atomic E-state index is 14.1. The summed E-state index contributed by atoms with van der Waals surface area (Å²) in [4.78, 5) is 34.6. The minimum absolute atomic E-state index is 0.0576. The number of quaternary nitrogens is 2. The van der Waals surface area contributed by atoms with Crippen LogP contribution in [0.1, 0.15) is 33.4 Å². The van der Waals surface area contributed by atoms with E-state index in [4.69, 9.17) is 0 Å². The first kappa shape index (κ1) is 32.9. The predicted octanol–water partition coefficient (Wildman–Crippen LogP) is -2.64. The van der Waals surface area contributed by atoms with E-state index >= 15 is 0 Å². The summed E-state index contributed by atoms with van der Waals surface area (Å²) >= 11 is 0. The third-order valence-corrected chi connectivity index (χ3v) is 11.1. The van der Waals surface area contributed by atoms with Crippen LogP contribution in [0, 0.1) is 52.0 Å². The van der Waals surface area contributed by atoms with Crippen LogP contribution in [0.3, 0.4) is 0 Å². The van der Waals surface area contributed by atoms with Crippen molar-refractivity contribution in [2.24, 2.45) is 0 Å². The largest absolute Gasteiger partial charge is 0.343 e. The van der Waals surface area contributed by atoms with Gasteiger partial charge in [-0.05, 0) is 64.8 Å². The summed E-state index contributed by atoms with van der Waals surface area (Å²) in [7, 11) is -8.35. The van der Waals surface area contributed by atoms with Gasteiger partial charge in [-0.25, -0.2) is 9.98 Å². The first-order valence-corrected chi connectivity index (χ1v) is 16.9. The molecule has 0 aromatic heterocycles. The minimum Gasteiger partial charge on any atom is -0.288 e. The quantitative estimate of drug-likeness (QED) is 0.141. The van der Waals surface area contributed by atoms with Crippen LogP contribution >= 0.6 is 0 Å². The molecule has 0 amide bonds. The number of hydrogen-bond donors (Lipinski definition) is 4. The molecule has 8 N–H and O–H groups in total. The second-order valence-corrected chi connectivity index (χ2v) is 14.3. The van der Waals surface area contributed by atoms with Crippen LogP contribution in [0.5, 0.6) is 0 Å². The number of aryl methyl sites for hydroxylation is 4. The van der Waals surface area contributed by atoms with Gasteiger partial charge in [-0.15, -0.1) is 0 Å². The van der Waals surface area contributed by atoms with E-state index in [2.05, 4.69) is 30.3 Å². The van der Waals surface area contributed by atoms with Crippen molar-refractivity contribution in [1.29, 1.82) is 0 Å². The maximum atomic E-state index is 14.1. The van der Waals surface area contributed by atoms with E-state index in [0.29, 0.717) is 44.8 Å². The molecule has 0 radical (unpaired) electrons. The van der Waals surface area contributed by atoms with Gasteiger partial charge in [0.2, 0.25) is 32.9 Å². The molecular weight excluding hydrogens is 633 g/mol. The Balaban J connectivity index is 2.03. The normalized spacial score (nSPS) is 13.3. The highest BCUT2D eigenvalue weighted by Crippen LogP contribution is 2.28. The second-order valence-electron chi connectivity index (χ2n) is 11.2. The Bertz CT molecular complexity index is 2460. The van der Waals surface area contributed by atoms with Crippen LogP contribution < -0.4 is 43.4 Å². The van der Waals surface area contributed by atoms with Gasteiger partial charge in [0.15, 0.2) is 0 Å². The lowest BCUT2D eigenvalue weighted by Crippen LogP contribution is -2.75. The summed E-state index contributed by atoms with van der Waals surface area (Å²) in [6.45, 7) is 10.1. The molecule has 12 nitrogen and oxygen atoms in total. The number of benzene rings is 3. The van der Waals surface area contributed by atoms with Crippen LogP contribution in [0.4, 0.5) is 11.4 Å². The fourth-order valence-electron chi connectivity index (χ4n) is 6.31. The molecular formula is C32H34N4O8S2+4. The molecule has 0 saturated heterocycles. The molecule has 46 heavy (non-hydrogen) atoms. The fourth-order valence-corrected chi connectivity index (χ4v) is 8.40. The lowest BCUT2D eigenvalue weighted by molar-refractivity contribution is -0.635. The van der Waals surface area contributed by atoms with E-state index in [0.717, 1.165) is 0 Å². The average Bonchev–Trinajstić information content (AvgIpc) is 2.99. The molecule has 0 unspecified atom stereocenters. The highest BCUT2D eigenvalue weighted by Gasteiger charge is 2.29. The number of hydrogen-bond acceptors (Lipinski definition) is 8. The molecule has 0 fully saturated rings. The average molecular weight is 667 g/mol. The third-order valence-electron chi connectivity index (χ3n) is 8.21. The number of nitrogens with one attached hydrogen (secondary N) is 2. The molecule has 3 aromatic rings. The Hall–Kier alpha value is -4.44. The minimum atomic E-state index is -4.17. The summed E-state index contributed by atoms with van der Waals surface area (Å²) in [6, 6.07) is 13.1. The molecule has 0 spiro atoms. The standard InChI is InChI=1S/C32H32N4O8S2/c1-15-13-17(3)31(45(39,40)43-33)19(5)27(15)35-23-11-12-24(26-25(23)29(37)21-9-7-8-10-22(21)30(26)38)36-28-16(2)14-18(4)32(20(28)6)46(41,42)44-34/h7-14H,1-6,33-34H3/q+2/p+2. The Kier molecular flexibility index (Phi) is 8.40. The van der Waals surface area contributed by atoms with Gasteiger partial charge >= 0.3 is 20.2 Å². The molecule has 238 valence electrons. The van der Waals surface area contributed by atoms with Gasteiger partial charge in [0.1, 0.15) is 20.2 Å². The zero-order valence-corrected chi connectivity index (χ0v) is 27.7. The van der Waals surface area contributed by atoms with E-state index in [-0.39, 0.29) is 41.7 Å². The topological polar surface area (TPSA) is 204 Å². The Morgan fingerprint density at radius 1 is 0.565 bits per heavy atom. The molecule has 0 heterocycles. The SMILES string of the molecule is Cc1cc(C)c(S(=O)(=O)O[NH3+])c(C)c1[NH+]=c1ccc(=[NH+]c2c(C)cc(C)c(S(=O)(=O)O[NH3+])c2C)c2c(=O)c3ccccc3c(=O)c1=2. The van der Waals surface area contributed by atoms with Crippen molar-refractivity contribution in [2.45, 2.75) is 51.3 Å². The van der Waals surface area contributed by atoms with Gasteiger partial charge in [-0.2, -0.15) is 28.6 Å². The van der Waals surface area contributed by atoms with Gasteiger partial charge in [-0.1, -0.05) is 32.8 Å². The maximum Gasteiger partial charge on any atom is 0.343 e. The Morgan fingerprint density at radius 3 is 1.24 bits per heavy atom. The van der Waals surface area contributed by atoms with E-state index in [1.807, 2.05) is 0 Å². The Morgan fingerprint density at radius 2 is 0.913 bits per heavy atom. The van der Waals surface area contributed by atoms with Gasteiger partial charge in [0, 0.05) is 45.2 Å². The van der Waals surface area contributed by atoms with E-state index in [9.17, 15) is 26.4 Å². The first-order valence-electron chi connectivity index (χ1n) is 14.0. The summed E-state index contributed by atoms with van der Waals surface area (Å²) in [5.41, 5.74) is 2.98. The van der Waals surface area contributed by atoms with Crippen molar-refractivity contribution < 1.29 is 47.2 Å². The van der Waals surface area contributed by atoms with Gasteiger partial charge in [-0.3, -0.25) is 9.59 Å². The van der Waals surface area contributed by atoms with Crippen LogP contribution in [-0.2, 0) is 28.8 Å². The van der Waals surface area contributed by atoms with Crippen LogP contribution in [0.15, 0.2) is 67.9 Å². The fraction of sp³-hybridized carbons (Fsp3) is 0.188. The summed E-state index contributed by atoms with van der Waals surface area (Å²) in [6.07, 6.45) is 0. The molecule has 3 aromatic carbocycles. The Labute approximate surface area is 263 Å². The molecule has 0 aliphatic heterocycles. The third kappa shape index (κ3) is 5.28. The van der Waals surface area contributed by atoms with Crippen molar-refractivity contribution in [3.8, 4) is 0 Å². The van der Waals surface area contributed by atoms with Crippen LogP contribution in [-0.4, -0.2) is 16.8 Å². The second kappa shape index (κ2) is 11.7. The number of fused-ring (bicyclic) bond motifs is 1. The predicted molar refractivity (Wildman–Crippen MR) is 165 cm³/mol. The van der Waals surface area contributed by atoms with Crippen molar-refractivity contribution in [2.75, 3.05) is 0 Å². The molecule has 0 bridgehead atoms. The van der Waals surface area contributed by atoms with Crippen molar-refractivity contribution in [3.63, 3.8) is 0 Å². The van der Waals surface area contributed by atoms with E-state index in [1.165, 1.54) is 0 Å². The van der Waals surface area contributed by atoms with Crippen LogP contribution in [0.2, 0.25) is 0 Å². The van der Waals surface area contributed by atoms with Gasteiger partial charge in [0.25, 0.3) is 0 Å². The molecule has 5 rings (SSSR count). The summed E-state index contributed by atoms with van der Waals surface area (Å²) < 4.78 is 60.1. The van der Waals surface area contributed by atoms with Crippen molar-refractivity contribution >= 4 is 42.4 Å². The zero-order chi connectivity index (χ0) is 33.9. The van der Waals surface area contributed by atoms with Crippen molar-refractivity contribution in [1.82, 2.24) is 0 Å². The van der Waals surface area contributed by atoms with Crippen LogP contribution in [0.25, 0.3) is 10.8 Å². The lowest BCUT2D eigenvalue weighted by Gasteiger charge is -2.10. The zero-order valence-electron chi connectivity index (χ0n) is 26.1. The van der Waals surface area contributed by atoms with E-state index < -0.39 is 31.1 Å². The van der Waals surface area contributed by atoms with Gasteiger partial charge < -0.3 is 0 Å². The molecule has 0 atom stereocenters. The highest BCUT2D eigenvalue weighted by atomic mass is 32.2. The molecule has 2 aliphatic rings. The number of rotatable bonds is 6.